The Labute approximate surface area is 161 Å². The van der Waals surface area contributed by atoms with Crippen LogP contribution in [-0.4, -0.2) is 56.6 Å². The van der Waals surface area contributed by atoms with Crippen LogP contribution in [0.5, 0.6) is 11.5 Å². The van der Waals surface area contributed by atoms with E-state index in [1.165, 1.54) is 0 Å². The Balaban J connectivity index is 1.92. The fraction of sp³-hybridized carbons (Fsp3) is 0.600. The summed E-state index contributed by atoms with van der Waals surface area (Å²) in [5, 5.41) is 6.06. The number of benzene rings is 1. The summed E-state index contributed by atoms with van der Waals surface area (Å²) in [6, 6.07) is 5.46. The quantitative estimate of drug-likeness (QED) is 0.723. The molecule has 2 atom stereocenters. The van der Waals surface area contributed by atoms with E-state index in [-0.39, 0.29) is 23.9 Å². The van der Waals surface area contributed by atoms with Crippen molar-refractivity contribution in [2.45, 2.75) is 45.2 Å². The predicted molar refractivity (Wildman–Crippen MR) is 104 cm³/mol. The van der Waals surface area contributed by atoms with Gasteiger partial charge in [-0.15, -0.1) is 0 Å². The van der Waals surface area contributed by atoms with Gasteiger partial charge < -0.3 is 20.1 Å². The fourth-order valence-electron chi connectivity index (χ4n) is 3.39. The van der Waals surface area contributed by atoms with E-state index in [9.17, 15) is 9.59 Å². The summed E-state index contributed by atoms with van der Waals surface area (Å²) in [7, 11) is 3.22. The second kappa shape index (κ2) is 10.2. The van der Waals surface area contributed by atoms with Gasteiger partial charge in [0.15, 0.2) is 0 Å². The molecule has 0 aromatic heterocycles. The van der Waals surface area contributed by atoms with Gasteiger partial charge in [-0.1, -0.05) is 6.92 Å². The van der Waals surface area contributed by atoms with Gasteiger partial charge in [0.2, 0.25) is 11.8 Å². The van der Waals surface area contributed by atoms with Crippen LogP contribution in [0, 0.1) is 0 Å². The first-order valence-electron chi connectivity index (χ1n) is 9.49. The van der Waals surface area contributed by atoms with Gasteiger partial charge in [0, 0.05) is 24.6 Å². The number of amides is 2. The zero-order chi connectivity index (χ0) is 19.8. The summed E-state index contributed by atoms with van der Waals surface area (Å²) in [4.78, 5) is 26.2. The molecule has 150 valence electrons. The van der Waals surface area contributed by atoms with Gasteiger partial charge in [0.05, 0.1) is 26.8 Å². The van der Waals surface area contributed by atoms with Crippen molar-refractivity contribution in [1.29, 1.82) is 0 Å². The summed E-state index contributed by atoms with van der Waals surface area (Å²) in [5.74, 6) is 1.45. The van der Waals surface area contributed by atoms with E-state index in [0.717, 1.165) is 30.7 Å². The van der Waals surface area contributed by atoms with Crippen LogP contribution in [0.2, 0.25) is 0 Å². The lowest BCUT2D eigenvalue weighted by Gasteiger charge is -2.33. The molecule has 2 N–H and O–H groups in total. The van der Waals surface area contributed by atoms with E-state index in [4.69, 9.17) is 9.47 Å². The van der Waals surface area contributed by atoms with Gasteiger partial charge in [0.25, 0.3) is 0 Å². The lowest BCUT2D eigenvalue weighted by atomic mass is 10.0. The number of rotatable bonds is 8. The highest BCUT2D eigenvalue weighted by molar-refractivity contribution is 5.78. The lowest BCUT2D eigenvalue weighted by molar-refractivity contribution is -0.123. The van der Waals surface area contributed by atoms with Gasteiger partial charge in [0.1, 0.15) is 11.5 Å². The molecule has 2 rings (SSSR count). The number of hydrogen-bond acceptors (Lipinski definition) is 5. The summed E-state index contributed by atoms with van der Waals surface area (Å²) in [5.41, 5.74) is 0.872. The molecule has 7 heteroatoms. The Hall–Kier alpha value is -2.28. The lowest BCUT2D eigenvalue weighted by Crippen LogP contribution is -2.50. The highest BCUT2D eigenvalue weighted by Crippen LogP contribution is 2.29. The number of piperidine rings is 1. The maximum Gasteiger partial charge on any atom is 0.234 e. The van der Waals surface area contributed by atoms with Crippen molar-refractivity contribution in [1.82, 2.24) is 15.5 Å². The SMILES string of the molecule is CCC(=O)NC1CCCN(CC(=O)NC(C)c2cc(OC)ccc2OC)C1. The van der Waals surface area contributed by atoms with Gasteiger partial charge >= 0.3 is 0 Å². The van der Waals surface area contributed by atoms with Crippen LogP contribution < -0.4 is 20.1 Å². The molecule has 0 spiro atoms. The molecule has 0 bridgehead atoms. The molecule has 1 aromatic carbocycles. The first-order valence-corrected chi connectivity index (χ1v) is 9.49. The number of likely N-dealkylation sites (tertiary alicyclic amines) is 1. The van der Waals surface area contributed by atoms with Crippen molar-refractivity contribution in [2.75, 3.05) is 33.9 Å². The fourth-order valence-corrected chi connectivity index (χ4v) is 3.39. The second-order valence-corrected chi connectivity index (χ2v) is 6.89. The molecule has 2 amide bonds. The predicted octanol–water partition coefficient (Wildman–Crippen LogP) is 1.87. The zero-order valence-electron chi connectivity index (χ0n) is 16.7. The van der Waals surface area contributed by atoms with Crippen LogP contribution in [-0.2, 0) is 9.59 Å². The Bertz CT molecular complexity index is 650. The molecule has 0 aliphatic carbocycles. The van der Waals surface area contributed by atoms with Gasteiger partial charge in [-0.2, -0.15) is 0 Å². The van der Waals surface area contributed by atoms with Crippen molar-refractivity contribution in [3.63, 3.8) is 0 Å². The van der Waals surface area contributed by atoms with Crippen molar-refractivity contribution >= 4 is 11.8 Å². The maximum absolute atomic E-state index is 12.5. The molecule has 1 aromatic rings. The van der Waals surface area contributed by atoms with Crippen LogP contribution in [0.15, 0.2) is 18.2 Å². The molecule has 7 nitrogen and oxygen atoms in total. The van der Waals surface area contributed by atoms with E-state index in [0.29, 0.717) is 25.3 Å². The van der Waals surface area contributed by atoms with Crippen molar-refractivity contribution in [3.05, 3.63) is 23.8 Å². The minimum Gasteiger partial charge on any atom is -0.497 e. The van der Waals surface area contributed by atoms with Crippen molar-refractivity contribution in [2.24, 2.45) is 0 Å². The summed E-state index contributed by atoms with van der Waals surface area (Å²) < 4.78 is 10.7. The van der Waals surface area contributed by atoms with Gasteiger partial charge in [-0.3, -0.25) is 14.5 Å². The molecule has 1 heterocycles. The Morgan fingerprint density at radius 1 is 1.26 bits per heavy atom. The van der Waals surface area contributed by atoms with E-state index >= 15 is 0 Å². The summed E-state index contributed by atoms with van der Waals surface area (Å²) in [6.45, 7) is 5.65. The third-order valence-electron chi connectivity index (χ3n) is 4.84. The molecule has 27 heavy (non-hydrogen) atoms. The molecule has 0 saturated carbocycles. The summed E-state index contributed by atoms with van der Waals surface area (Å²) in [6.07, 6.45) is 2.42. The second-order valence-electron chi connectivity index (χ2n) is 6.89. The molecule has 1 saturated heterocycles. The molecular weight excluding hydrogens is 346 g/mol. The third-order valence-corrected chi connectivity index (χ3v) is 4.84. The number of hydrogen-bond donors (Lipinski definition) is 2. The minimum absolute atomic E-state index is 0.0464. The Morgan fingerprint density at radius 3 is 2.70 bits per heavy atom. The minimum atomic E-state index is -0.206. The number of nitrogens with zero attached hydrogens (tertiary/aromatic N) is 1. The first-order chi connectivity index (χ1) is 13.0. The van der Waals surface area contributed by atoms with E-state index < -0.39 is 0 Å². The highest BCUT2D eigenvalue weighted by Gasteiger charge is 2.23. The third kappa shape index (κ3) is 6.13. The van der Waals surface area contributed by atoms with Crippen LogP contribution in [0.3, 0.4) is 0 Å². The van der Waals surface area contributed by atoms with Crippen LogP contribution in [0.1, 0.15) is 44.7 Å². The zero-order valence-corrected chi connectivity index (χ0v) is 16.7. The molecular formula is C20H31N3O4. The van der Waals surface area contributed by atoms with Crippen molar-refractivity contribution < 1.29 is 19.1 Å². The van der Waals surface area contributed by atoms with Gasteiger partial charge in [-0.25, -0.2) is 0 Å². The Kier molecular flexibility index (Phi) is 7.91. The summed E-state index contributed by atoms with van der Waals surface area (Å²) >= 11 is 0. The number of nitrogens with one attached hydrogen (secondary N) is 2. The van der Waals surface area contributed by atoms with Crippen LogP contribution >= 0.6 is 0 Å². The van der Waals surface area contributed by atoms with Crippen LogP contribution in [0.25, 0.3) is 0 Å². The number of carbonyl (C=O) groups excluding carboxylic acids is 2. The molecule has 0 radical (unpaired) electrons. The molecule has 2 unspecified atom stereocenters. The monoisotopic (exact) mass is 377 g/mol. The maximum atomic E-state index is 12.5. The number of methoxy groups -OCH3 is 2. The molecule has 1 fully saturated rings. The van der Waals surface area contributed by atoms with Crippen molar-refractivity contribution in [3.8, 4) is 11.5 Å². The Morgan fingerprint density at radius 2 is 2.04 bits per heavy atom. The van der Waals surface area contributed by atoms with E-state index in [2.05, 4.69) is 15.5 Å². The number of carbonyl (C=O) groups is 2. The standard InChI is InChI=1S/C20H31N3O4/c1-5-19(24)22-15-7-6-10-23(12-15)13-20(25)21-14(2)17-11-16(26-3)8-9-18(17)27-4/h8-9,11,14-15H,5-7,10,12-13H2,1-4H3,(H,21,25)(H,22,24). The average Bonchev–Trinajstić information content (AvgIpc) is 2.67. The van der Waals surface area contributed by atoms with E-state index in [1.807, 2.05) is 32.0 Å². The first kappa shape index (κ1) is 21.0. The van der Waals surface area contributed by atoms with Crippen LogP contribution in [0.4, 0.5) is 0 Å². The smallest absolute Gasteiger partial charge is 0.234 e. The number of ether oxygens (including phenoxy) is 2. The van der Waals surface area contributed by atoms with Gasteiger partial charge in [-0.05, 0) is 44.5 Å². The molecule has 1 aliphatic rings. The van der Waals surface area contributed by atoms with E-state index in [1.54, 1.807) is 14.2 Å². The average molecular weight is 377 g/mol. The normalized spacial score (nSPS) is 18.4. The molecule has 1 aliphatic heterocycles. The highest BCUT2D eigenvalue weighted by atomic mass is 16.5. The topological polar surface area (TPSA) is 79.9 Å². The largest absolute Gasteiger partial charge is 0.497 e.